The third kappa shape index (κ3) is 4.61. The van der Waals surface area contributed by atoms with Gasteiger partial charge in [0.2, 0.25) is 0 Å². The second kappa shape index (κ2) is 7.14. The van der Waals surface area contributed by atoms with Gasteiger partial charge in [-0.3, -0.25) is 0 Å². The Morgan fingerprint density at radius 2 is 2.00 bits per heavy atom. The highest BCUT2D eigenvalue weighted by atomic mass is 79.9. The molecule has 0 bridgehead atoms. The van der Waals surface area contributed by atoms with Crippen molar-refractivity contribution in [3.63, 3.8) is 0 Å². The summed E-state index contributed by atoms with van der Waals surface area (Å²) >= 11 is 3.67. The van der Waals surface area contributed by atoms with E-state index in [1.807, 2.05) is 19.1 Å². The van der Waals surface area contributed by atoms with E-state index >= 15 is 0 Å². The zero-order valence-corrected chi connectivity index (χ0v) is 14.7. The molecular weight excluding hydrogens is 328 g/mol. The van der Waals surface area contributed by atoms with Crippen LogP contribution < -0.4 is 10.2 Å². The Morgan fingerprint density at radius 3 is 2.57 bits per heavy atom. The molecule has 114 valence electrons. The summed E-state index contributed by atoms with van der Waals surface area (Å²) in [6.45, 7) is 7.92. The number of anilines is 1. The predicted octanol–water partition coefficient (Wildman–Crippen LogP) is 4.48. The minimum atomic E-state index is 0.487. The Morgan fingerprint density at radius 1 is 1.24 bits per heavy atom. The SMILES string of the molecule is Cc1ccc(CN(C)c2ccc(CNC(C)C)c(Br)c2)o1. The van der Waals surface area contributed by atoms with Gasteiger partial charge in [-0.05, 0) is 36.8 Å². The molecule has 0 atom stereocenters. The lowest BCUT2D eigenvalue weighted by Gasteiger charge is -2.19. The molecule has 0 aliphatic carbocycles. The summed E-state index contributed by atoms with van der Waals surface area (Å²) in [5.74, 6) is 1.94. The second-order valence-corrected chi connectivity index (χ2v) is 6.53. The zero-order chi connectivity index (χ0) is 15.4. The van der Waals surface area contributed by atoms with Crippen LogP contribution >= 0.6 is 15.9 Å². The number of halogens is 1. The highest BCUT2D eigenvalue weighted by Crippen LogP contribution is 2.25. The van der Waals surface area contributed by atoms with Crippen molar-refractivity contribution in [1.29, 1.82) is 0 Å². The Hall–Kier alpha value is -1.26. The quantitative estimate of drug-likeness (QED) is 0.832. The van der Waals surface area contributed by atoms with E-state index in [4.69, 9.17) is 4.42 Å². The molecule has 1 N–H and O–H groups in total. The number of nitrogens with one attached hydrogen (secondary N) is 1. The lowest BCUT2D eigenvalue weighted by molar-refractivity contribution is 0.482. The molecule has 0 unspecified atom stereocenters. The summed E-state index contributed by atoms with van der Waals surface area (Å²) in [5.41, 5.74) is 2.44. The zero-order valence-electron chi connectivity index (χ0n) is 13.1. The van der Waals surface area contributed by atoms with Crippen LogP contribution in [0.25, 0.3) is 0 Å². The second-order valence-electron chi connectivity index (χ2n) is 5.68. The van der Waals surface area contributed by atoms with E-state index in [0.29, 0.717) is 6.04 Å². The monoisotopic (exact) mass is 350 g/mol. The van der Waals surface area contributed by atoms with Gasteiger partial charge in [-0.15, -0.1) is 0 Å². The molecule has 2 rings (SSSR count). The van der Waals surface area contributed by atoms with Crippen LogP contribution in [-0.4, -0.2) is 13.1 Å². The Labute approximate surface area is 135 Å². The van der Waals surface area contributed by atoms with Gasteiger partial charge in [0.25, 0.3) is 0 Å². The summed E-state index contributed by atoms with van der Waals surface area (Å²) in [5, 5.41) is 3.44. The Kier molecular flexibility index (Phi) is 5.48. The third-order valence-electron chi connectivity index (χ3n) is 3.37. The van der Waals surface area contributed by atoms with Gasteiger partial charge in [0, 0.05) is 29.8 Å². The number of hydrogen-bond acceptors (Lipinski definition) is 3. The van der Waals surface area contributed by atoms with Crippen LogP contribution in [0.2, 0.25) is 0 Å². The van der Waals surface area contributed by atoms with Crippen molar-refractivity contribution in [2.75, 3.05) is 11.9 Å². The molecule has 0 amide bonds. The first-order valence-corrected chi connectivity index (χ1v) is 8.03. The smallest absolute Gasteiger partial charge is 0.123 e. The number of aryl methyl sites for hydroxylation is 1. The van der Waals surface area contributed by atoms with E-state index in [-0.39, 0.29) is 0 Å². The van der Waals surface area contributed by atoms with Crippen LogP contribution in [0.1, 0.15) is 30.9 Å². The standard InChI is InChI=1S/C17H23BrN2O/c1-12(2)19-10-14-6-7-15(9-17(14)18)20(4)11-16-8-5-13(3)21-16/h5-9,12,19H,10-11H2,1-4H3. The van der Waals surface area contributed by atoms with Gasteiger partial charge >= 0.3 is 0 Å². The molecule has 1 aromatic carbocycles. The molecule has 0 saturated carbocycles. The van der Waals surface area contributed by atoms with Gasteiger partial charge in [-0.2, -0.15) is 0 Å². The first kappa shape index (κ1) is 16.1. The molecular formula is C17H23BrN2O. The molecule has 1 aromatic heterocycles. The van der Waals surface area contributed by atoms with Gasteiger partial charge in [-0.25, -0.2) is 0 Å². The minimum absolute atomic E-state index is 0.487. The molecule has 21 heavy (non-hydrogen) atoms. The van der Waals surface area contributed by atoms with Crippen LogP contribution in [0.5, 0.6) is 0 Å². The van der Waals surface area contributed by atoms with Crippen molar-refractivity contribution in [2.24, 2.45) is 0 Å². The lowest BCUT2D eigenvalue weighted by atomic mass is 10.2. The Balaban J connectivity index is 2.04. The van der Waals surface area contributed by atoms with Crippen molar-refractivity contribution in [2.45, 2.75) is 39.9 Å². The molecule has 0 fully saturated rings. The fraction of sp³-hybridized carbons (Fsp3) is 0.412. The molecule has 0 saturated heterocycles. The first-order chi connectivity index (χ1) is 9.95. The lowest BCUT2D eigenvalue weighted by Crippen LogP contribution is -2.22. The molecule has 0 radical (unpaired) electrons. The summed E-state index contributed by atoms with van der Waals surface area (Å²) in [7, 11) is 2.08. The summed E-state index contributed by atoms with van der Waals surface area (Å²) in [6.07, 6.45) is 0. The van der Waals surface area contributed by atoms with Crippen LogP contribution in [0, 0.1) is 6.92 Å². The third-order valence-corrected chi connectivity index (χ3v) is 4.11. The molecule has 4 heteroatoms. The van der Waals surface area contributed by atoms with E-state index in [9.17, 15) is 0 Å². The molecule has 2 aromatic rings. The van der Waals surface area contributed by atoms with Gasteiger partial charge in [-0.1, -0.05) is 35.8 Å². The average Bonchev–Trinajstić information content (AvgIpc) is 2.82. The van der Waals surface area contributed by atoms with Crippen molar-refractivity contribution in [1.82, 2.24) is 5.32 Å². The van der Waals surface area contributed by atoms with Crippen LogP contribution in [0.4, 0.5) is 5.69 Å². The fourth-order valence-electron chi connectivity index (χ4n) is 2.13. The number of benzene rings is 1. The molecule has 1 heterocycles. The van der Waals surface area contributed by atoms with Gasteiger partial charge < -0.3 is 14.6 Å². The van der Waals surface area contributed by atoms with Gasteiger partial charge in [0.05, 0.1) is 6.54 Å². The number of furan rings is 1. The average molecular weight is 351 g/mol. The maximum Gasteiger partial charge on any atom is 0.123 e. The molecule has 3 nitrogen and oxygen atoms in total. The number of nitrogens with zero attached hydrogens (tertiary/aromatic N) is 1. The maximum atomic E-state index is 5.63. The van der Waals surface area contributed by atoms with Crippen molar-refractivity contribution < 1.29 is 4.42 Å². The van der Waals surface area contributed by atoms with Crippen molar-refractivity contribution in [3.05, 3.63) is 51.9 Å². The summed E-state index contributed by atoms with van der Waals surface area (Å²) in [4.78, 5) is 2.18. The van der Waals surface area contributed by atoms with Crippen LogP contribution in [0.15, 0.2) is 39.2 Å². The van der Waals surface area contributed by atoms with Gasteiger partial charge in [0.15, 0.2) is 0 Å². The molecule has 0 aliphatic heterocycles. The van der Waals surface area contributed by atoms with Crippen molar-refractivity contribution >= 4 is 21.6 Å². The maximum absolute atomic E-state index is 5.63. The normalized spacial score (nSPS) is 11.1. The minimum Gasteiger partial charge on any atom is -0.464 e. The summed E-state index contributed by atoms with van der Waals surface area (Å²) < 4.78 is 6.77. The highest BCUT2D eigenvalue weighted by Gasteiger charge is 2.08. The van der Waals surface area contributed by atoms with Crippen molar-refractivity contribution in [3.8, 4) is 0 Å². The first-order valence-electron chi connectivity index (χ1n) is 7.24. The molecule has 0 aliphatic rings. The fourth-order valence-corrected chi connectivity index (χ4v) is 2.63. The molecule has 0 spiro atoms. The predicted molar refractivity (Wildman–Crippen MR) is 91.7 cm³/mol. The number of hydrogen-bond donors (Lipinski definition) is 1. The van der Waals surface area contributed by atoms with E-state index in [1.54, 1.807) is 0 Å². The van der Waals surface area contributed by atoms with E-state index < -0.39 is 0 Å². The highest BCUT2D eigenvalue weighted by molar-refractivity contribution is 9.10. The number of rotatable bonds is 6. The van der Waals surface area contributed by atoms with E-state index in [0.717, 1.165) is 29.1 Å². The van der Waals surface area contributed by atoms with Crippen LogP contribution in [0.3, 0.4) is 0 Å². The van der Waals surface area contributed by atoms with Gasteiger partial charge in [0.1, 0.15) is 11.5 Å². The summed E-state index contributed by atoms with van der Waals surface area (Å²) in [6, 6.07) is 11.0. The van der Waals surface area contributed by atoms with E-state index in [2.05, 4.69) is 65.2 Å². The topological polar surface area (TPSA) is 28.4 Å². The van der Waals surface area contributed by atoms with E-state index in [1.165, 1.54) is 11.3 Å². The largest absolute Gasteiger partial charge is 0.464 e. The Bertz CT molecular complexity index is 592. The van der Waals surface area contributed by atoms with Crippen LogP contribution in [-0.2, 0) is 13.1 Å².